The number of hydrogen-bond donors (Lipinski definition) is 1. The number of halogens is 1. The molecule has 0 aliphatic carbocycles. The predicted octanol–water partition coefficient (Wildman–Crippen LogP) is 0.788. The maximum atomic E-state index is 13.0. The molecule has 1 fully saturated rings. The maximum Gasteiger partial charge on any atom is 0.243 e. The molecule has 0 unspecified atom stereocenters. The lowest BCUT2D eigenvalue weighted by Crippen LogP contribution is -2.37. The number of hydrogen-bond acceptors (Lipinski definition) is 4. The monoisotopic (exact) mass is 343 g/mol. The molecule has 0 spiro atoms. The molecule has 2 N–H and O–H groups in total. The molecule has 6 nitrogen and oxygen atoms in total. The van der Waals surface area contributed by atoms with Gasteiger partial charge >= 0.3 is 0 Å². The number of sulfonamides is 1. The van der Waals surface area contributed by atoms with Crippen LogP contribution in [0.15, 0.2) is 29.2 Å². The number of benzene rings is 1. The first-order valence-electron chi connectivity index (χ1n) is 7.68. The number of carbonyl (C=O) groups is 1. The van der Waals surface area contributed by atoms with Gasteiger partial charge in [0.2, 0.25) is 15.9 Å². The Bertz CT molecular complexity index is 634. The molecule has 1 aliphatic heterocycles. The molecule has 1 heterocycles. The van der Waals surface area contributed by atoms with Crippen molar-refractivity contribution in [2.45, 2.75) is 24.2 Å². The van der Waals surface area contributed by atoms with Gasteiger partial charge in [0.15, 0.2) is 0 Å². The summed E-state index contributed by atoms with van der Waals surface area (Å²) in [4.78, 5) is 13.8. The van der Waals surface area contributed by atoms with E-state index in [1.54, 1.807) is 4.90 Å². The number of carbonyl (C=O) groups excluding carboxylic acids is 1. The van der Waals surface area contributed by atoms with Gasteiger partial charge in [0.05, 0.1) is 4.90 Å². The first-order chi connectivity index (χ1) is 10.9. The second-order valence-corrected chi connectivity index (χ2v) is 7.42. The molecule has 0 bridgehead atoms. The van der Waals surface area contributed by atoms with Crippen LogP contribution in [0.2, 0.25) is 0 Å². The SMILES string of the molecule is NCCCC(=O)N1CCCN(S(=O)(=O)c2ccc(F)cc2)CC1. The van der Waals surface area contributed by atoms with Gasteiger partial charge in [-0.1, -0.05) is 0 Å². The summed E-state index contributed by atoms with van der Waals surface area (Å²) in [6, 6.07) is 4.79. The third-order valence-electron chi connectivity index (χ3n) is 3.85. The highest BCUT2D eigenvalue weighted by molar-refractivity contribution is 7.89. The van der Waals surface area contributed by atoms with E-state index in [9.17, 15) is 17.6 Å². The van der Waals surface area contributed by atoms with Gasteiger partial charge in [0.25, 0.3) is 0 Å². The fourth-order valence-corrected chi connectivity index (χ4v) is 4.02. The van der Waals surface area contributed by atoms with Crippen LogP contribution in [0.5, 0.6) is 0 Å². The van der Waals surface area contributed by atoms with E-state index in [0.29, 0.717) is 45.4 Å². The number of nitrogens with zero attached hydrogens (tertiary/aromatic N) is 2. The van der Waals surface area contributed by atoms with E-state index in [1.165, 1.54) is 16.4 Å². The smallest absolute Gasteiger partial charge is 0.243 e. The Morgan fingerprint density at radius 3 is 2.48 bits per heavy atom. The summed E-state index contributed by atoms with van der Waals surface area (Å²) in [6.07, 6.45) is 1.60. The zero-order valence-electron chi connectivity index (χ0n) is 12.9. The highest BCUT2D eigenvalue weighted by Gasteiger charge is 2.28. The van der Waals surface area contributed by atoms with Gasteiger partial charge in [-0.15, -0.1) is 0 Å². The van der Waals surface area contributed by atoms with Gasteiger partial charge in [-0.3, -0.25) is 4.79 Å². The van der Waals surface area contributed by atoms with Crippen molar-refractivity contribution >= 4 is 15.9 Å². The van der Waals surface area contributed by atoms with Crippen LogP contribution in [0.3, 0.4) is 0 Å². The normalized spacial score (nSPS) is 17.0. The second kappa shape index (κ2) is 7.85. The van der Waals surface area contributed by atoms with Crippen molar-refractivity contribution in [3.05, 3.63) is 30.1 Å². The summed E-state index contributed by atoms with van der Waals surface area (Å²) in [5, 5.41) is 0. The van der Waals surface area contributed by atoms with Crippen LogP contribution in [0.25, 0.3) is 0 Å². The fraction of sp³-hybridized carbons (Fsp3) is 0.533. The second-order valence-electron chi connectivity index (χ2n) is 5.48. The predicted molar refractivity (Wildman–Crippen MR) is 84.6 cm³/mol. The highest BCUT2D eigenvalue weighted by atomic mass is 32.2. The van der Waals surface area contributed by atoms with Crippen LogP contribution < -0.4 is 5.73 Å². The van der Waals surface area contributed by atoms with E-state index in [-0.39, 0.29) is 17.3 Å². The third kappa shape index (κ3) is 4.49. The van der Waals surface area contributed by atoms with Crippen molar-refractivity contribution in [2.75, 3.05) is 32.7 Å². The zero-order valence-corrected chi connectivity index (χ0v) is 13.8. The Hall–Kier alpha value is -1.51. The average Bonchev–Trinajstić information content (AvgIpc) is 2.79. The Kier molecular flexibility index (Phi) is 6.09. The quantitative estimate of drug-likeness (QED) is 0.857. The minimum atomic E-state index is -3.66. The van der Waals surface area contributed by atoms with Gasteiger partial charge in [-0.05, 0) is 43.7 Å². The van der Waals surface area contributed by atoms with Crippen molar-refractivity contribution in [2.24, 2.45) is 5.73 Å². The number of amides is 1. The molecule has 1 aromatic carbocycles. The topological polar surface area (TPSA) is 83.7 Å². The van der Waals surface area contributed by atoms with Gasteiger partial charge in [0.1, 0.15) is 5.82 Å². The Morgan fingerprint density at radius 1 is 1.13 bits per heavy atom. The van der Waals surface area contributed by atoms with Crippen molar-refractivity contribution in [3.8, 4) is 0 Å². The molecule has 0 radical (unpaired) electrons. The first-order valence-corrected chi connectivity index (χ1v) is 9.12. The molecule has 1 aromatic rings. The minimum Gasteiger partial charge on any atom is -0.341 e. The molecule has 0 saturated carbocycles. The van der Waals surface area contributed by atoms with Crippen LogP contribution in [-0.4, -0.2) is 56.3 Å². The van der Waals surface area contributed by atoms with Crippen LogP contribution in [-0.2, 0) is 14.8 Å². The van der Waals surface area contributed by atoms with Crippen LogP contribution in [0, 0.1) is 5.82 Å². The molecule has 1 saturated heterocycles. The molecule has 2 rings (SSSR count). The average molecular weight is 343 g/mol. The van der Waals surface area contributed by atoms with E-state index < -0.39 is 15.8 Å². The molecule has 23 heavy (non-hydrogen) atoms. The molecule has 1 aliphatic rings. The van der Waals surface area contributed by atoms with Crippen molar-refractivity contribution in [1.29, 1.82) is 0 Å². The van der Waals surface area contributed by atoms with Crippen LogP contribution >= 0.6 is 0 Å². The van der Waals surface area contributed by atoms with Crippen LogP contribution in [0.1, 0.15) is 19.3 Å². The van der Waals surface area contributed by atoms with E-state index in [4.69, 9.17) is 5.73 Å². The molecular weight excluding hydrogens is 321 g/mol. The van der Waals surface area contributed by atoms with Crippen molar-refractivity contribution in [3.63, 3.8) is 0 Å². The molecule has 8 heteroatoms. The van der Waals surface area contributed by atoms with E-state index in [1.807, 2.05) is 0 Å². The summed E-state index contributed by atoms with van der Waals surface area (Å²) < 4.78 is 39.5. The van der Waals surface area contributed by atoms with E-state index >= 15 is 0 Å². The highest BCUT2D eigenvalue weighted by Crippen LogP contribution is 2.18. The Labute approximate surface area is 136 Å². The molecular formula is C15H22FN3O3S. The lowest BCUT2D eigenvalue weighted by atomic mass is 10.2. The summed E-state index contributed by atoms with van der Waals surface area (Å²) in [5.74, 6) is -0.465. The number of rotatable bonds is 5. The van der Waals surface area contributed by atoms with Gasteiger partial charge < -0.3 is 10.6 Å². The fourth-order valence-electron chi connectivity index (χ4n) is 2.55. The summed E-state index contributed by atoms with van der Waals surface area (Å²) in [6.45, 7) is 1.96. The third-order valence-corrected chi connectivity index (χ3v) is 5.77. The van der Waals surface area contributed by atoms with E-state index in [2.05, 4.69) is 0 Å². The summed E-state index contributed by atoms with van der Waals surface area (Å²) >= 11 is 0. The summed E-state index contributed by atoms with van der Waals surface area (Å²) in [7, 11) is -3.66. The number of nitrogens with two attached hydrogens (primary N) is 1. The lowest BCUT2D eigenvalue weighted by molar-refractivity contribution is -0.131. The van der Waals surface area contributed by atoms with Crippen molar-refractivity contribution < 1.29 is 17.6 Å². The Morgan fingerprint density at radius 2 is 1.83 bits per heavy atom. The van der Waals surface area contributed by atoms with Gasteiger partial charge in [-0.2, -0.15) is 4.31 Å². The lowest BCUT2D eigenvalue weighted by Gasteiger charge is -2.22. The summed E-state index contributed by atoms with van der Waals surface area (Å²) in [5.41, 5.74) is 5.41. The standard InChI is InChI=1S/C15H22FN3O3S/c16-13-4-6-14(7-5-13)23(21,22)19-10-2-9-18(11-12-19)15(20)3-1-8-17/h4-7H,1-3,8-12,17H2. The Balaban J connectivity index is 2.04. The molecule has 1 amide bonds. The zero-order chi connectivity index (χ0) is 16.9. The molecule has 0 aromatic heterocycles. The minimum absolute atomic E-state index is 0.0106. The van der Waals surface area contributed by atoms with Crippen LogP contribution in [0.4, 0.5) is 4.39 Å². The molecule has 128 valence electrons. The largest absolute Gasteiger partial charge is 0.341 e. The molecule has 0 atom stereocenters. The first kappa shape index (κ1) is 17.8. The van der Waals surface area contributed by atoms with E-state index in [0.717, 1.165) is 12.1 Å². The van der Waals surface area contributed by atoms with Crippen molar-refractivity contribution in [1.82, 2.24) is 9.21 Å². The van der Waals surface area contributed by atoms with Gasteiger partial charge in [0, 0.05) is 32.6 Å². The van der Waals surface area contributed by atoms with Gasteiger partial charge in [-0.25, -0.2) is 12.8 Å². The maximum absolute atomic E-state index is 13.0.